The van der Waals surface area contributed by atoms with E-state index in [9.17, 15) is 18.0 Å². The SMILES string of the molecule is COC(=O)c1c(C)oc2ccc(C3CC3c3cccnc3C(F)(F)F)cc12. The molecule has 140 valence electrons. The van der Waals surface area contributed by atoms with E-state index >= 15 is 0 Å². The van der Waals surface area contributed by atoms with Gasteiger partial charge >= 0.3 is 12.1 Å². The number of benzene rings is 1. The summed E-state index contributed by atoms with van der Waals surface area (Å²) in [4.78, 5) is 15.6. The van der Waals surface area contributed by atoms with Gasteiger partial charge in [-0.3, -0.25) is 4.98 Å². The Morgan fingerprint density at radius 1 is 1.26 bits per heavy atom. The summed E-state index contributed by atoms with van der Waals surface area (Å²) >= 11 is 0. The van der Waals surface area contributed by atoms with Crippen LogP contribution in [0.1, 0.15) is 51.2 Å². The third-order valence-corrected chi connectivity index (χ3v) is 5.00. The van der Waals surface area contributed by atoms with Crippen molar-refractivity contribution in [1.82, 2.24) is 4.98 Å². The van der Waals surface area contributed by atoms with Gasteiger partial charge in [0.2, 0.25) is 0 Å². The first kappa shape index (κ1) is 17.6. The molecule has 0 saturated heterocycles. The first-order valence-corrected chi connectivity index (χ1v) is 8.44. The summed E-state index contributed by atoms with van der Waals surface area (Å²) in [6, 6.07) is 8.40. The highest BCUT2D eigenvalue weighted by molar-refractivity contribution is 6.04. The predicted octanol–water partition coefficient (Wildman–Crippen LogP) is 5.21. The maximum Gasteiger partial charge on any atom is 0.433 e. The fourth-order valence-electron chi connectivity index (χ4n) is 3.68. The molecule has 1 aromatic carbocycles. The second kappa shape index (κ2) is 6.11. The molecule has 0 amide bonds. The molecule has 7 heteroatoms. The third kappa shape index (κ3) is 2.97. The van der Waals surface area contributed by atoms with Crippen molar-refractivity contribution in [2.24, 2.45) is 0 Å². The number of hydrogen-bond donors (Lipinski definition) is 0. The van der Waals surface area contributed by atoms with E-state index in [1.165, 1.54) is 19.2 Å². The van der Waals surface area contributed by atoms with Crippen LogP contribution in [0.4, 0.5) is 13.2 Å². The molecule has 1 aliphatic rings. The summed E-state index contributed by atoms with van der Waals surface area (Å²) in [5.41, 5.74) is 1.16. The van der Waals surface area contributed by atoms with Gasteiger partial charge in [-0.1, -0.05) is 12.1 Å². The molecule has 3 aromatic rings. The molecule has 0 N–H and O–H groups in total. The minimum absolute atomic E-state index is 0.0552. The molecule has 4 rings (SSSR count). The first-order valence-electron chi connectivity index (χ1n) is 8.44. The molecule has 2 heterocycles. The van der Waals surface area contributed by atoms with Crippen molar-refractivity contribution in [3.8, 4) is 0 Å². The van der Waals surface area contributed by atoms with Crippen molar-refractivity contribution in [2.45, 2.75) is 31.4 Å². The zero-order valence-corrected chi connectivity index (χ0v) is 14.6. The van der Waals surface area contributed by atoms with E-state index < -0.39 is 17.8 Å². The highest BCUT2D eigenvalue weighted by Crippen LogP contribution is 2.56. The third-order valence-electron chi connectivity index (χ3n) is 5.00. The van der Waals surface area contributed by atoms with Crippen LogP contribution in [0.3, 0.4) is 0 Å². The maximum atomic E-state index is 13.2. The van der Waals surface area contributed by atoms with Crippen molar-refractivity contribution in [2.75, 3.05) is 7.11 Å². The number of ether oxygens (including phenoxy) is 1. The number of halogens is 3. The number of carbonyl (C=O) groups is 1. The van der Waals surface area contributed by atoms with Crippen molar-refractivity contribution in [3.63, 3.8) is 0 Å². The predicted molar refractivity (Wildman–Crippen MR) is 91.6 cm³/mol. The maximum absolute atomic E-state index is 13.2. The fourth-order valence-corrected chi connectivity index (χ4v) is 3.68. The molecule has 1 saturated carbocycles. The lowest BCUT2D eigenvalue weighted by molar-refractivity contribution is -0.141. The highest BCUT2D eigenvalue weighted by Gasteiger charge is 2.46. The zero-order chi connectivity index (χ0) is 19.3. The van der Waals surface area contributed by atoms with Crippen molar-refractivity contribution >= 4 is 16.9 Å². The van der Waals surface area contributed by atoms with Gasteiger partial charge < -0.3 is 9.15 Å². The number of esters is 1. The van der Waals surface area contributed by atoms with Crippen molar-refractivity contribution < 1.29 is 27.1 Å². The second-order valence-electron chi connectivity index (χ2n) is 6.67. The fraction of sp³-hybridized carbons (Fsp3) is 0.300. The summed E-state index contributed by atoms with van der Waals surface area (Å²) in [7, 11) is 1.29. The normalized spacial score (nSPS) is 19.3. The molecule has 1 fully saturated rings. The Labute approximate surface area is 153 Å². The minimum atomic E-state index is -4.48. The zero-order valence-electron chi connectivity index (χ0n) is 14.6. The lowest BCUT2D eigenvalue weighted by atomic mass is 10.0. The van der Waals surface area contributed by atoms with Gasteiger partial charge in [0.1, 0.15) is 22.6 Å². The Morgan fingerprint density at radius 3 is 2.74 bits per heavy atom. The Bertz CT molecular complexity index is 1040. The smallest absolute Gasteiger partial charge is 0.433 e. The largest absolute Gasteiger partial charge is 0.465 e. The molecule has 27 heavy (non-hydrogen) atoms. The molecule has 1 aliphatic carbocycles. The van der Waals surface area contributed by atoms with E-state index in [2.05, 4.69) is 4.98 Å². The van der Waals surface area contributed by atoms with Gasteiger partial charge in [-0.15, -0.1) is 0 Å². The van der Waals surface area contributed by atoms with Crippen LogP contribution in [-0.2, 0) is 10.9 Å². The van der Waals surface area contributed by atoms with Crippen LogP contribution in [0.2, 0.25) is 0 Å². The van der Waals surface area contributed by atoms with Gasteiger partial charge in [0, 0.05) is 11.6 Å². The summed E-state index contributed by atoms with van der Waals surface area (Å²) in [6.07, 6.45) is -2.72. The molecule has 0 spiro atoms. The van der Waals surface area contributed by atoms with Crippen LogP contribution >= 0.6 is 0 Å². The number of carbonyl (C=O) groups excluding carboxylic acids is 1. The number of nitrogens with zero attached hydrogens (tertiary/aromatic N) is 1. The molecule has 0 bridgehead atoms. The number of alkyl halides is 3. The molecule has 0 radical (unpaired) electrons. The number of furan rings is 1. The number of methoxy groups -OCH3 is 1. The molecule has 2 unspecified atom stereocenters. The number of aromatic nitrogens is 1. The van der Waals surface area contributed by atoms with E-state index in [0.717, 1.165) is 11.8 Å². The van der Waals surface area contributed by atoms with E-state index in [0.29, 0.717) is 28.7 Å². The molecule has 4 nitrogen and oxygen atoms in total. The summed E-state index contributed by atoms with van der Waals surface area (Å²) in [5, 5.41) is 0.615. The lowest BCUT2D eigenvalue weighted by Gasteiger charge is -2.11. The topological polar surface area (TPSA) is 52.3 Å². The quantitative estimate of drug-likeness (QED) is 0.590. The molecular formula is C20H16F3NO3. The van der Waals surface area contributed by atoms with Gasteiger partial charge in [-0.05, 0) is 54.5 Å². The standard InChI is InChI=1S/C20H16F3NO3/c1-10-17(19(25)26-2)15-8-11(5-6-16(15)27-10)13-9-14(13)12-4-3-7-24-18(12)20(21,22)23/h3-8,13-14H,9H2,1-2H3. The second-order valence-corrected chi connectivity index (χ2v) is 6.67. The average Bonchev–Trinajstić information content (AvgIpc) is 3.36. The summed E-state index contributed by atoms with van der Waals surface area (Å²) < 4.78 is 50.1. The first-order chi connectivity index (χ1) is 12.8. The van der Waals surface area contributed by atoms with Crippen LogP contribution in [0.5, 0.6) is 0 Å². The molecular weight excluding hydrogens is 359 g/mol. The van der Waals surface area contributed by atoms with E-state index in [1.807, 2.05) is 12.1 Å². The minimum Gasteiger partial charge on any atom is -0.465 e. The highest BCUT2D eigenvalue weighted by atomic mass is 19.4. The van der Waals surface area contributed by atoms with E-state index in [1.54, 1.807) is 13.0 Å². The van der Waals surface area contributed by atoms with Crippen LogP contribution in [0.15, 0.2) is 40.9 Å². The number of rotatable bonds is 3. The van der Waals surface area contributed by atoms with Crippen LogP contribution in [0.25, 0.3) is 11.0 Å². The molecule has 0 aliphatic heterocycles. The van der Waals surface area contributed by atoms with Gasteiger partial charge in [0.05, 0.1) is 7.11 Å². The average molecular weight is 375 g/mol. The lowest BCUT2D eigenvalue weighted by Crippen LogP contribution is -2.11. The van der Waals surface area contributed by atoms with Crippen LogP contribution in [0, 0.1) is 6.92 Å². The van der Waals surface area contributed by atoms with Crippen LogP contribution < -0.4 is 0 Å². The van der Waals surface area contributed by atoms with Gasteiger partial charge in [-0.25, -0.2) is 4.79 Å². The van der Waals surface area contributed by atoms with Crippen molar-refractivity contribution in [1.29, 1.82) is 0 Å². The van der Waals surface area contributed by atoms with E-state index in [-0.39, 0.29) is 17.4 Å². The number of hydrogen-bond acceptors (Lipinski definition) is 4. The number of aryl methyl sites for hydroxylation is 1. The van der Waals surface area contributed by atoms with Gasteiger partial charge in [0.15, 0.2) is 0 Å². The Morgan fingerprint density at radius 2 is 2.04 bits per heavy atom. The van der Waals surface area contributed by atoms with Crippen LogP contribution in [-0.4, -0.2) is 18.1 Å². The summed E-state index contributed by atoms with van der Waals surface area (Å²) in [5.74, 6) is -0.349. The summed E-state index contributed by atoms with van der Waals surface area (Å²) in [6.45, 7) is 1.68. The van der Waals surface area contributed by atoms with Crippen molar-refractivity contribution in [3.05, 3.63) is 64.7 Å². The van der Waals surface area contributed by atoms with Gasteiger partial charge in [0.25, 0.3) is 0 Å². The molecule has 2 aromatic heterocycles. The number of pyridine rings is 1. The Kier molecular flexibility index (Phi) is 3.98. The molecule has 2 atom stereocenters. The Hall–Kier alpha value is -2.83. The van der Waals surface area contributed by atoms with E-state index in [4.69, 9.17) is 9.15 Å². The number of fused-ring (bicyclic) bond motifs is 1. The van der Waals surface area contributed by atoms with Gasteiger partial charge in [-0.2, -0.15) is 13.2 Å². The monoisotopic (exact) mass is 375 g/mol. The Balaban J connectivity index is 1.71.